The Labute approximate surface area is 514 Å². The topological polar surface area (TPSA) is 256 Å². The van der Waals surface area contributed by atoms with Crippen LogP contribution in [0.1, 0.15) is 190 Å². The summed E-state index contributed by atoms with van der Waals surface area (Å²) in [6.07, 6.45) is 22.4. The molecule has 7 heterocycles. The molecule has 88 heavy (non-hydrogen) atoms. The first-order chi connectivity index (χ1) is 42.1. The van der Waals surface area contributed by atoms with Gasteiger partial charge in [-0.2, -0.15) is 0 Å². The number of carbonyl (C=O) groups excluding carboxylic acids is 3. The normalized spacial score (nSPS) is 21.7. The van der Waals surface area contributed by atoms with Crippen molar-refractivity contribution in [3.8, 4) is 0 Å². The van der Waals surface area contributed by atoms with Crippen LogP contribution < -0.4 is 26.6 Å². The molecule has 0 bridgehead atoms. The molecule has 0 saturated carbocycles. The summed E-state index contributed by atoms with van der Waals surface area (Å²) < 4.78 is 23.7. The van der Waals surface area contributed by atoms with Crippen molar-refractivity contribution in [3.63, 3.8) is 0 Å². The van der Waals surface area contributed by atoms with Crippen molar-refractivity contribution in [3.05, 3.63) is 165 Å². The van der Waals surface area contributed by atoms with Crippen molar-refractivity contribution in [2.45, 2.75) is 143 Å². The molecule has 460 valence electrons. The van der Waals surface area contributed by atoms with Crippen LogP contribution in [0.25, 0.3) is 26.4 Å². The lowest BCUT2D eigenvalue weighted by Crippen LogP contribution is -2.35. The van der Waals surface area contributed by atoms with Gasteiger partial charge < -0.3 is 49.6 Å². The molecule has 8 N–H and O–H groups in total. The zero-order valence-corrected chi connectivity index (χ0v) is 51.6. The number of anilines is 3. The van der Waals surface area contributed by atoms with Gasteiger partial charge in [0.05, 0.1) is 55.9 Å². The fraction of sp³-hybridized carbons (Fsp3) is 0.448. The van der Waals surface area contributed by atoms with Crippen LogP contribution in [-0.4, -0.2) is 92.1 Å². The van der Waals surface area contributed by atoms with Crippen LogP contribution in [0, 0.1) is 30.9 Å². The van der Waals surface area contributed by atoms with E-state index in [0.29, 0.717) is 49.0 Å². The smallest absolute Gasteiger partial charge is 0.314 e. The molecule has 4 aromatic heterocycles. The lowest BCUT2D eigenvalue weighted by Gasteiger charge is -2.35. The van der Waals surface area contributed by atoms with Crippen LogP contribution in [0.4, 0.5) is 28.7 Å². The number of rotatable bonds is 12. The van der Waals surface area contributed by atoms with Gasteiger partial charge in [0.15, 0.2) is 17.3 Å². The van der Waals surface area contributed by atoms with Crippen LogP contribution in [-0.2, 0) is 36.2 Å². The number of benzene rings is 2. The van der Waals surface area contributed by atoms with Gasteiger partial charge in [-0.1, -0.05) is 71.2 Å². The standard InChI is InChI=1S/C23H30N4O2.C22H26N6O2.C22H24N4O3/c1-15-14-24-20(26-15)21(28)27-19-6-5-17(23(4)25-11-12-29-23)13-18(19)16-7-9-22(2,3)10-8-16;1-21(2)9-7-14(8-10-21)18-15(26-20(29)19-24-13-17(23-4)28-19)5-6-16(27-18)22(3)25-11-12-30-22;1-22(28-11-6-12-29-22)16-9-10-18(17(13-16)15-7-4-3-5-8-15)25-21(27)20-24-14-19(23-2)26-20/h5-7,13-14,25H,8-12H2,1-4H3,(H,24,26)(H,27,28);5-7,13,25H,8-12H2,1-3H3,(H,24,28)(H,26,29);7,9-10,13-14H,3-6,8,11-12H2,1H3,(H,24,26)(H,25,27). The molecule has 6 aromatic rings. The van der Waals surface area contributed by atoms with E-state index in [4.69, 9.17) is 37.1 Å². The lowest BCUT2D eigenvalue weighted by atomic mass is 9.76. The van der Waals surface area contributed by atoms with Crippen LogP contribution in [0.3, 0.4) is 0 Å². The number of hydrogen-bond acceptors (Lipinski definition) is 13. The van der Waals surface area contributed by atoms with E-state index >= 15 is 0 Å². The minimum absolute atomic E-state index is 0.0996. The van der Waals surface area contributed by atoms with Gasteiger partial charge in [0.1, 0.15) is 5.72 Å². The Kier molecular flexibility index (Phi) is 18.9. The van der Waals surface area contributed by atoms with Crippen molar-refractivity contribution in [2.75, 3.05) is 55.5 Å². The van der Waals surface area contributed by atoms with Gasteiger partial charge in [-0.05, 0) is 168 Å². The van der Waals surface area contributed by atoms with Crippen molar-refractivity contribution >= 4 is 63.1 Å². The van der Waals surface area contributed by atoms with E-state index in [0.717, 1.165) is 128 Å². The molecule has 3 saturated heterocycles. The number of pyridine rings is 1. The van der Waals surface area contributed by atoms with Gasteiger partial charge in [-0.15, -0.1) is 0 Å². The third kappa shape index (κ3) is 14.8. The molecular weight excluding hydrogens is 1110 g/mol. The van der Waals surface area contributed by atoms with Crippen LogP contribution >= 0.6 is 0 Å². The second kappa shape index (κ2) is 26.5. The third-order valence-electron chi connectivity index (χ3n) is 17.1. The van der Waals surface area contributed by atoms with E-state index < -0.39 is 23.1 Å². The van der Waals surface area contributed by atoms with Gasteiger partial charge in [0.25, 0.3) is 17.6 Å². The van der Waals surface area contributed by atoms with E-state index in [1.807, 2.05) is 57.2 Å². The van der Waals surface area contributed by atoms with Crippen molar-refractivity contribution in [2.24, 2.45) is 10.8 Å². The van der Waals surface area contributed by atoms with Crippen LogP contribution in [0.15, 0.2) is 85.3 Å². The number of carbonyl (C=O) groups is 3. The number of allylic oxidation sites excluding steroid dienone is 6. The average Bonchev–Trinajstić information content (AvgIpc) is 1.51. The maximum absolute atomic E-state index is 12.7. The van der Waals surface area contributed by atoms with E-state index in [9.17, 15) is 14.4 Å². The highest BCUT2D eigenvalue weighted by molar-refractivity contribution is 6.05. The number of hydrogen-bond donors (Lipinski definition) is 8. The summed E-state index contributed by atoms with van der Waals surface area (Å²) in [5.41, 5.74) is 11.6. The van der Waals surface area contributed by atoms with Crippen molar-refractivity contribution in [1.29, 1.82) is 0 Å². The Balaban J connectivity index is 0.000000146. The molecule has 21 heteroatoms. The van der Waals surface area contributed by atoms with E-state index in [1.54, 1.807) is 6.20 Å². The number of ether oxygens (including phenoxy) is 4. The second-order valence-electron chi connectivity index (χ2n) is 25.1. The Morgan fingerprint density at radius 2 is 1.06 bits per heavy atom. The lowest BCUT2D eigenvalue weighted by molar-refractivity contribution is -0.264. The zero-order chi connectivity index (χ0) is 62.3. The molecule has 12 rings (SSSR count). The van der Waals surface area contributed by atoms with Gasteiger partial charge in [0, 0.05) is 53.0 Å². The van der Waals surface area contributed by atoms with E-state index in [1.165, 1.54) is 30.0 Å². The Morgan fingerprint density at radius 3 is 1.56 bits per heavy atom. The molecule has 6 aliphatic rings. The quantitative estimate of drug-likeness (QED) is 0.0531. The molecular formula is C67H80N14O7. The minimum atomic E-state index is -0.781. The first-order valence-corrected chi connectivity index (χ1v) is 30.4. The Hall–Kier alpha value is -8.41. The summed E-state index contributed by atoms with van der Waals surface area (Å²) in [4.78, 5) is 70.1. The highest BCUT2D eigenvalue weighted by atomic mass is 16.7. The van der Waals surface area contributed by atoms with Gasteiger partial charge >= 0.3 is 11.8 Å². The summed E-state index contributed by atoms with van der Waals surface area (Å²) >= 11 is 0. The monoisotopic (exact) mass is 1190 g/mol. The molecule has 2 unspecified atom stereocenters. The van der Waals surface area contributed by atoms with Gasteiger partial charge in [-0.25, -0.2) is 19.9 Å². The Morgan fingerprint density at radius 1 is 0.545 bits per heavy atom. The molecule has 3 fully saturated rings. The highest BCUT2D eigenvalue weighted by Crippen LogP contribution is 2.43. The summed E-state index contributed by atoms with van der Waals surface area (Å²) in [5, 5.41) is 15.7. The summed E-state index contributed by atoms with van der Waals surface area (Å²) in [6.45, 7) is 35.3. The maximum atomic E-state index is 12.7. The van der Waals surface area contributed by atoms with Crippen LogP contribution in [0.5, 0.6) is 0 Å². The summed E-state index contributed by atoms with van der Waals surface area (Å²) in [6, 6.07) is 15.8. The fourth-order valence-corrected chi connectivity index (χ4v) is 11.6. The highest BCUT2D eigenvalue weighted by Gasteiger charge is 2.37. The van der Waals surface area contributed by atoms with Gasteiger partial charge in [-0.3, -0.25) is 35.0 Å². The van der Waals surface area contributed by atoms with Crippen LogP contribution in [0.2, 0.25) is 0 Å². The molecule has 0 radical (unpaired) electrons. The molecule has 3 amide bonds. The molecule has 3 aliphatic heterocycles. The first-order valence-electron chi connectivity index (χ1n) is 30.4. The van der Waals surface area contributed by atoms with E-state index in [-0.39, 0.29) is 40.5 Å². The summed E-state index contributed by atoms with van der Waals surface area (Å²) in [5.74, 6) is -0.785. The Bertz CT molecular complexity index is 3740. The number of nitrogens with zero attached hydrogens (tertiary/aromatic N) is 6. The first kappa shape index (κ1) is 62.6. The summed E-state index contributed by atoms with van der Waals surface area (Å²) in [7, 11) is 0. The largest absolute Gasteiger partial charge is 0.363 e. The van der Waals surface area contributed by atoms with E-state index in [2.05, 4.69) is 131 Å². The van der Waals surface area contributed by atoms with Gasteiger partial charge in [0.2, 0.25) is 11.6 Å². The fourth-order valence-electron chi connectivity index (χ4n) is 11.6. The average molecular weight is 1190 g/mol. The predicted octanol–water partition coefficient (Wildman–Crippen LogP) is 13.1. The zero-order valence-electron chi connectivity index (χ0n) is 51.6. The molecule has 2 aromatic carbocycles. The SMILES string of the molecule is Cc1cnc(C(=O)Nc2ccc(C3(C)NCCO3)cc2C2=CCC(C)(C)CC2)[nH]1.[C-]#[N+]c1cnc(C(=O)Nc2ccc(C3(C)NCCO3)nc2C2=CCC(C)(C)CC2)[nH]1.[C-]#[N+]c1cnc(C(=O)Nc2ccc(C3(C)OCCCO3)cc2C2=CCCCC2)[nH]1. The number of aryl methyl sites for hydroxylation is 1. The predicted molar refractivity (Wildman–Crippen MR) is 338 cm³/mol. The number of imidazole rings is 3. The number of H-pyrrole nitrogens is 3. The van der Waals surface area contributed by atoms with Crippen molar-refractivity contribution < 1.29 is 33.3 Å². The third-order valence-corrected chi connectivity index (χ3v) is 17.1. The number of amides is 3. The number of aromatic amines is 3. The number of aromatic nitrogens is 7. The molecule has 3 aliphatic carbocycles. The number of nitrogens with one attached hydrogen (secondary N) is 8. The second-order valence-corrected chi connectivity index (χ2v) is 25.1. The molecule has 0 spiro atoms. The minimum Gasteiger partial charge on any atom is -0.363 e. The van der Waals surface area contributed by atoms with Crippen molar-refractivity contribution in [1.82, 2.24) is 45.5 Å². The maximum Gasteiger partial charge on any atom is 0.314 e. The molecule has 21 nitrogen and oxygen atoms in total. The molecule has 2 atom stereocenters.